The fourth-order valence-corrected chi connectivity index (χ4v) is 4.35. The zero-order valence-corrected chi connectivity index (χ0v) is 17.3. The first kappa shape index (κ1) is 19.6. The minimum Gasteiger partial charge on any atom is -0.464 e. The Labute approximate surface area is 181 Å². The Morgan fingerprint density at radius 3 is 2.90 bits per heavy atom. The van der Waals surface area contributed by atoms with E-state index in [2.05, 4.69) is 11.1 Å². The van der Waals surface area contributed by atoms with Gasteiger partial charge in [0.05, 0.1) is 25.8 Å². The molecule has 3 heterocycles. The highest BCUT2D eigenvalue weighted by atomic mass is 16.5. The van der Waals surface area contributed by atoms with Crippen LogP contribution in [-0.2, 0) is 17.7 Å². The molecule has 0 unspecified atom stereocenters. The average Bonchev–Trinajstić information content (AvgIpc) is 3.43. The van der Waals surface area contributed by atoms with Gasteiger partial charge in [0.2, 0.25) is 0 Å². The molecule has 0 bridgehead atoms. The molecule has 158 valence electrons. The number of hydrogen-bond acceptors (Lipinski definition) is 4. The summed E-state index contributed by atoms with van der Waals surface area (Å²) in [7, 11) is 0. The highest BCUT2D eigenvalue weighted by Crippen LogP contribution is 2.24. The van der Waals surface area contributed by atoms with Crippen molar-refractivity contribution in [1.82, 2.24) is 14.5 Å². The van der Waals surface area contributed by atoms with Crippen LogP contribution in [0.25, 0.3) is 11.0 Å². The van der Waals surface area contributed by atoms with Crippen molar-refractivity contribution in [3.8, 4) is 0 Å². The SMILES string of the molecule is O=C(c1ccccc1Cn1ccnc1)N1CCOC[C@H](Cc2cccc3occc23)C1. The van der Waals surface area contributed by atoms with Crippen molar-refractivity contribution in [2.45, 2.75) is 13.0 Å². The smallest absolute Gasteiger partial charge is 0.254 e. The van der Waals surface area contributed by atoms with E-state index in [4.69, 9.17) is 9.15 Å². The first-order valence-electron chi connectivity index (χ1n) is 10.6. The first-order chi connectivity index (χ1) is 15.3. The van der Waals surface area contributed by atoms with Crippen molar-refractivity contribution in [3.05, 3.63) is 90.2 Å². The van der Waals surface area contributed by atoms with E-state index in [0.29, 0.717) is 32.8 Å². The highest BCUT2D eigenvalue weighted by Gasteiger charge is 2.25. The number of rotatable bonds is 5. The van der Waals surface area contributed by atoms with Crippen molar-refractivity contribution in [2.75, 3.05) is 26.3 Å². The van der Waals surface area contributed by atoms with Gasteiger partial charge in [-0.2, -0.15) is 0 Å². The molecule has 1 fully saturated rings. The molecule has 2 aromatic carbocycles. The molecule has 0 radical (unpaired) electrons. The summed E-state index contributed by atoms with van der Waals surface area (Å²) in [5.74, 6) is 0.292. The normalized spacial score (nSPS) is 17.0. The largest absolute Gasteiger partial charge is 0.464 e. The van der Waals surface area contributed by atoms with E-state index in [0.717, 1.165) is 28.5 Å². The van der Waals surface area contributed by atoms with Crippen LogP contribution in [0.2, 0.25) is 0 Å². The van der Waals surface area contributed by atoms with Gasteiger partial charge in [-0.05, 0) is 35.7 Å². The topological polar surface area (TPSA) is 60.5 Å². The monoisotopic (exact) mass is 415 g/mol. The van der Waals surface area contributed by atoms with Crippen molar-refractivity contribution in [2.24, 2.45) is 5.92 Å². The number of hydrogen-bond donors (Lipinski definition) is 0. The molecule has 4 aromatic rings. The maximum absolute atomic E-state index is 13.5. The van der Waals surface area contributed by atoms with Crippen molar-refractivity contribution in [1.29, 1.82) is 0 Å². The van der Waals surface area contributed by atoms with Gasteiger partial charge in [-0.3, -0.25) is 4.79 Å². The van der Waals surface area contributed by atoms with E-state index >= 15 is 0 Å². The van der Waals surface area contributed by atoms with Crippen LogP contribution in [0.4, 0.5) is 0 Å². The second-order valence-electron chi connectivity index (χ2n) is 8.04. The second kappa shape index (κ2) is 8.78. The standard InChI is InChI=1S/C25H25N3O3/c29-25(23-6-2-1-4-21(23)16-27-10-9-26-18-27)28-11-13-30-17-19(15-28)14-20-5-3-7-24-22(20)8-12-31-24/h1-10,12,18-19H,11,13-17H2/t19-/m1/s1. The van der Waals surface area contributed by atoms with Crippen molar-refractivity contribution >= 4 is 16.9 Å². The predicted octanol–water partition coefficient (Wildman–Crippen LogP) is 4.01. The van der Waals surface area contributed by atoms with Crippen LogP contribution in [0.1, 0.15) is 21.5 Å². The molecule has 6 heteroatoms. The van der Waals surface area contributed by atoms with Crippen LogP contribution >= 0.6 is 0 Å². The quantitative estimate of drug-likeness (QED) is 0.494. The number of amides is 1. The summed E-state index contributed by atoms with van der Waals surface area (Å²) in [5, 5.41) is 1.13. The van der Waals surface area contributed by atoms with Crippen molar-refractivity contribution in [3.63, 3.8) is 0 Å². The lowest BCUT2D eigenvalue weighted by atomic mass is 9.96. The van der Waals surface area contributed by atoms with Gasteiger partial charge >= 0.3 is 0 Å². The van der Waals surface area contributed by atoms with E-state index in [1.54, 1.807) is 18.8 Å². The van der Waals surface area contributed by atoms with Crippen LogP contribution < -0.4 is 0 Å². The molecule has 1 aliphatic heterocycles. The zero-order chi connectivity index (χ0) is 21.0. The lowest BCUT2D eigenvalue weighted by Crippen LogP contribution is -2.37. The molecule has 5 rings (SSSR count). The number of carbonyl (C=O) groups excluding carboxylic acids is 1. The third kappa shape index (κ3) is 4.25. The van der Waals surface area contributed by atoms with E-state index in [-0.39, 0.29) is 11.8 Å². The fourth-order valence-electron chi connectivity index (χ4n) is 4.35. The van der Waals surface area contributed by atoms with E-state index < -0.39 is 0 Å². The zero-order valence-electron chi connectivity index (χ0n) is 17.3. The number of furan rings is 1. The minimum atomic E-state index is 0.0627. The van der Waals surface area contributed by atoms with Gasteiger partial charge in [0.25, 0.3) is 5.91 Å². The third-order valence-electron chi connectivity index (χ3n) is 5.88. The maximum Gasteiger partial charge on any atom is 0.254 e. The number of ether oxygens (including phenoxy) is 1. The summed E-state index contributed by atoms with van der Waals surface area (Å²) in [6, 6.07) is 16.0. The van der Waals surface area contributed by atoms with Crippen LogP contribution in [0.15, 0.2) is 77.9 Å². The van der Waals surface area contributed by atoms with Gasteiger partial charge in [-0.15, -0.1) is 0 Å². The van der Waals surface area contributed by atoms with Gasteiger partial charge in [-0.25, -0.2) is 4.98 Å². The molecule has 31 heavy (non-hydrogen) atoms. The van der Waals surface area contributed by atoms with Crippen LogP contribution in [0.3, 0.4) is 0 Å². The molecule has 1 atom stereocenters. The lowest BCUT2D eigenvalue weighted by Gasteiger charge is -2.25. The Bertz CT molecular complexity index is 1170. The minimum absolute atomic E-state index is 0.0627. The molecule has 1 amide bonds. The Kier molecular flexibility index (Phi) is 5.54. The highest BCUT2D eigenvalue weighted by molar-refractivity contribution is 5.95. The molecule has 0 aliphatic carbocycles. The maximum atomic E-state index is 13.5. The van der Waals surface area contributed by atoms with E-state index in [9.17, 15) is 4.79 Å². The Morgan fingerprint density at radius 1 is 1.10 bits per heavy atom. The Morgan fingerprint density at radius 2 is 2.00 bits per heavy atom. The number of carbonyl (C=O) groups is 1. The molecule has 0 N–H and O–H groups in total. The van der Waals surface area contributed by atoms with Crippen LogP contribution in [0, 0.1) is 5.92 Å². The fraction of sp³-hybridized carbons (Fsp3) is 0.280. The third-order valence-corrected chi connectivity index (χ3v) is 5.88. The van der Waals surface area contributed by atoms with Crippen molar-refractivity contribution < 1.29 is 13.9 Å². The predicted molar refractivity (Wildman–Crippen MR) is 118 cm³/mol. The number of imidazole rings is 1. The number of aromatic nitrogens is 2. The van der Waals surface area contributed by atoms with E-state index in [1.807, 2.05) is 58.1 Å². The van der Waals surface area contributed by atoms with Gasteiger partial charge in [-0.1, -0.05) is 30.3 Å². The van der Waals surface area contributed by atoms with E-state index in [1.165, 1.54) is 5.56 Å². The summed E-state index contributed by atoms with van der Waals surface area (Å²) < 4.78 is 13.4. The Balaban J connectivity index is 1.35. The summed E-state index contributed by atoms with van der Waals surface area (Å²) in [5.41, 5.74) is 3.87. The summed E-state index contributed by atoms with van der Waals surface area (Å²) >= 11 is 0. The molecular formula is C25H25N3O3. The number of nitrogens with zero attached hydrogens (tertiary/aromatic N) is 3. The second-order valence-corrected chi connectivity index (χ2v) is 8.04. The molecular weight excluding hydrogens is 390 g/mol. The first-order valence-corrected chi connectivity index (χ1v) is 10.6. The molecule has 2 aromatic heterocycles. The van der Waals surface area contributed by atoms with Gasteiger partial charge < -0.3 is 18.6 Å². The molecule has 1 saturated heterocycles. The number of fused-ring (bicyclic) bond motifs is 1. The van der Waals surface area contributed by atoms with Gasteiger partial charge in [0, 0.05) is 48.9 Å². The molecule has 1 aliphatic rings. The lowest BCUT2D eigenvalue weighted by molar-refractivity contribution is 0.0736. The van der Waals surface area contributed by atoms with Crippen LogP contribution in [-0.4, -0.2) is 46.7 Å². The summed E-state index contributed by atoms with van der Waals surface area (Å²) in [6.07, 6.45) is 8.00. The number of benzene rings is 2. The molecule has 0 saturated carbocycles. The molecule has 6 nitrogen and oxygen atoms in total. The Hall–Kier alpha value is -3.38. The summed E-state index contributed by atoms with van der Waals surface area (Å²) in [6.45, 7) is 3.10. The van der Waals surface area contributed by atoms with Gasteiger partial charge in [0.15, 0.2) is 0 Å². The van der Waals surface area contributed by atoms with Crippen LogP contribution in [0.5, 0.6) is 0 Å². The molecule has 0 spiro atoms. The average molecular weight is 415 g/mol. The van der Waals surface area contributed by atoms with Gasteiger partial charge in [0.1, 0.15) is 5.58 Å². The summed E-state index contributed by atoms with van der Waals surface area (Å²) in [4.78, 5) is 19.6.